The van der Waals surface area contributed by atoms with Crippen molar-refractivity contribution in [2.45, 2.75) is 19.8 Å². The van der Waals surface area contributed by atoms with Gasteiger partial charge in [0.2, 0.25) is 0 Å². The van der Waals surface area contributed by atoms with E-state index in [1.807, 2.05) is 11.3 Å². The second-order valence-corrected chi connectivity index (χ2v) is 7.61. The third-order valence-electron chi connectivity index (χ3n) is 5.13. The maximum absolute atomic E-state index is 2.39. The van der Waals surface area contributed by atoms with E-state index in [2.05, 4.69) is 73.1 Å². The lowest BCUT2D eigenvalue weighted by Crippen LogP contribution is -1.92. The number of hydrogen-bond donors (Lipinski definition) is 0. The molecule has 0 bridgehead atoms. The van der Waals surface area contributed by atoms with E-state index in [-0.39, 0.29) is 0 Å². The van der Waals surface area contributed by atoms with E-state index in [0.29, 0.717) is 0 Å². The van der Waals surface area contributed by atoms with E-state index in [4.69, 9.17) is 0 Å². The summed E-state index contributed by atoms with van der Waals surface area (Å²) >= 11 is 1.93. The quantitative estimate of drug-likeness (QED) is 0.341. The predicted octanol–water partition coefficient (Wildman–Crippen LogP) is 6.65. The Bertz CT molecular complexity index is 1220. The highest BCUT2D eigenvalue weighted by Gasteiger charge is 2.16. The van der Waals surface area contributed by atoms with Crippen molar-refractivity contribution in [1.29, 1.82) is 0 Å². The molecule has 5 aromatic rings. The number of hydrogen-bond acceptors (Lipinski definition) is 1. The molecule has 0 saturated heterocycles. The number of para-hydroxylation sites is 1. The first kappa shape index (κ1) is 14.1. The van der Waals surface area contributed by atoms with Gasteiger partial charge in [0.1, 0.15) is 0 Å². The maximum atomic E-state index is 2.39. The molecule has 1 nitrogen and oxygen atoms in total. The van der Waals surface area contributed by atoms with Gasteiger partial charge in [-0.25, -0.2) is 0 Å². The smallest absolute Gasteiger partial charge is 0.0521 e. The number of thiophene rings is 1. The number of benzene rings is 3. The Morgan fingerprint density at radius 3 is 2.58 bits per heavy atom. The number of aromatic nitrogens is 1. The first-order valence-electron chi connectivity index (χ1n) is 8.60. The first-order chi connectivity index (χ1) is 11.8. The summed E-state index contributed by atoms with van der Waals surface area (Å²) in [5.41, 5.74) is 4.20. The second kappa shape index (κ2) is 5.09. The topological polar surface area (TPSA) is 4.93 Å². The first-order valence-corrected chi connectivity index (χ1v) is 9.41. The molecule has 0 N–H and O–H groups in total. The molecule has 0 aliphatic carbocycles. The standard InChI is InChI=1S/C22H19NS/c1-3-7-14-8-6-10-17-20-18(23(2)21(14)17)13-12-16-15-9-4-5-11-19(15)24-22(16)20/h4-6,8-13H,3,7H2,1-2H3. The van der Waals surface area contributed by atoms with Crippen LogP contribution in [0.4, 0.5) is 0 Å². The third kappa shape index (κ3) is 1.75. The van der Waals surface area contributed by atoms with Crippen LogP contribution in [0.25, 0.3) is 42.0 Å². The largest absolute Gasteiger partial charge is 0.343 e. The molecule has 0 aliphatic heterocycles. The Kier molecular flexibility index (Phi) is 2.98. The average Bonchev–Trinajstić information content (AvgIpc) is 3.12. The Morgan fingerprint density at radius 2 is 1.71 bits per heavy atom. The molecule has 0 amide bonds. The summed E-state index contributed by atoms with van der Waals surface area (Å²) in [6, 6.07) is 20.2. The lowest BCUT2D eigenvalue weighted by Gasteiger charge is -2.04. The fourth-order valence-electron chi connectivity index (χ4n) is 4.10. The van der Waals surface area contributed by atoms with E-state index >= 15 is 0 Å². The summed E-state index contributed by atoms with van der Waals surface area (Å²) in [5, 5.41) is 5.58. The summed E-state index contributed by atoms with van der Waals surface area (Å²) in [6.45, 7) is 2.26. The fraction of sp³-hybridized carbons (Fsp3) is 0.182. The van der Waals surface area contributed by atoms with Gasteiger partial charge in [0, 0.05) is 38.0 Å². The normalized spacial score (nSPS) is 12.1. The molecule has 0 unspecified atom stereocenters. The van der Waals surface area contributed by atoms with Gasteiger partial charge in [-0.3, -0.25) is 0 Å². The summed E-state index contributed by atoms with van der Waals surface area (Å²) in [7, 11) is 2.21. The molecule has 24 heavy (non-hydrogen) atoms. The minimum atomic E-state index is 1.14. The molecule has 118 valence electrons. The van der Waals surface area contributed by atoms with Gasteiger partial charge >= 0.3 is 0 Å². The Labute approximate surface area is 145 Å². The third-order valence-corrected chi connectivity index (χ3v) is 6.33. The minimum absolute atomic E-state index is 1.14. The SMILES string of the molecule is CCCc1cccc2c3c4sc5ccccc5c4ccc3n(C)c12. The predicted molar refractivity (Wildman–Crippen MR) is 107 cm³/mol. The van der Waals surface area contributed by atoms with Crippen molar-refractivity contribution in [2.24, 2.45) is 7.05 Å². The summed E-state index contributed by atoms with van der Waals surface area (Å²) < 4.78 is 5.19. The lowest BCUT2D eigenvalue weighted by atomic mass is 10.0. The van der Waals surface area contributed by atoms with Crippen molar-refractivity contribution in [3.8, 4) is 0 Å². The molecule has 2 heterocycles. The van der Waals surface area contributed by atoms with E-state index in [1.165, 1.54) is 54.0 Å². The van der Waals surface area contributed by atoms with Crippen LogP contribution in [0.15, 0.2) is 54.6 Å². The monoisotopic (exact) mass is 329 g/mol. The Morgan fingerprint density at radius 1 is 0.875 bits per heavy atom. The molecule has 2 heteroatoms. The van der Waals surface area contributed by atoms with Gasteiger partial charge in [-0.05, 0) is 24.1 Å². The van der Waals surface area contributed by atoms with Gasteiger partial charge in [0.15, 0.2) is 0 Å². The molecule has 0 aliphatic rings. The Hall–Kier alpha value is -2.32. The van der Waals surface area contributed by atoms with Crippen LogP contribution in [0.1, 0.15) is 18.9 Å². The highest BCUT2D eigenvalue weighted by atomic mass is 32.1. The lowest BCUT2D eigenvalue weighted by molar-refractivity contribution is 0.912. The molecule has 0 saturated carbocycles. The number of aryl methyl sites for hydroxylation is 2. The average molecular weight is 329 g/mol. The van der Waals surface area contributed by atoms with E-state index in [9.17, 15) is 0 Å². The highest BCUT2D eigenvalue weighted by Crippen LogP contribution is 2.42. The van der Waals surface area contributed by atoms with Crippen LogP contribution in [0.3, 0.4) is 0 Å². The molecule has 0 radical (unpaired) electrons. The van der Waals surface area contributed by atoms with Crippen molar-refractivity contribution < 1.29 is 0 Å². The molecule has 5 rings (SSSR count). The van der Waals surface area contributed by atoms with Crippen LogP contribution in [-0.4, -0.2) is 4.57 Å². The van der Waals surface area contributed by atoms with E-state index in [1.54, 1.807) is 0 Å². The molecular weight excluding hydrogens is 310 g/mol. The molecule has 3 aromatic carbocycles. The van der Waals surface area contributed by atoms with Crippen molar-refractivity contribution in [2.75, 3.05) is 0 Å². The van der Waals surface area contributed by atoms with Gasteiger partial charge in [0.25, 0.3) is 0 Å². The molecule has 0 spiro atoms. The highest BCUT2D eigenvalue weighted by molar-refractivity contribution is 7.26. The van der Waals surface area contributed by atoms with Crippen LogP contribution < -0.4 is 0 Å². The summed E-state index contributed by atoms with van der Waals surface area (Å²) in [5.74, 6) is 0. The van der Waals surface area contributed by atoms with Crippen LogP contribution in [0, 0.1) is 0 Å². The van der Waals surface area contributed by atoms with Gasteiger partial charge in [-0.2, -0.15) is 0 Å². The second-order valence-electron chi connectivity index (χ2n) is 6.56. The zero-order chi connectivity index (χ0) is 16.3. The van der Waals surface area contributed by atoms with E-state index < -0.39 is 0 Å². The summed E-state index contributed by atoms with van der Waals surface area (Å²) in [4.78, 5) is 0. The van der Waals surface area contributed by atoms with Gasteiger partial charge in [0.05, 0.1) is 11.0 Å². The maximum Gasteiger partial charge on any atom is 0.0521 e. The number of fused-ring (bicyclic) bond motifs is 7. The van der Waals surface area contributed by atoms with Crippen molar-refractivity contribution in [3.63, 3.8) is 0 Å². The number of rotatable bonds is 2. The van der Waals surface area contributed by atoms with Gasteiger partial charge < -0.3 is 4.57 Å². The van der Waals surface area contributed by atoms with Crippen molar-refractivity contribution >= 4 is 53.3 Å². The molecule has 2 aromatic heterocycles. The fourth-order valence-corrected chi connectivity index (χ4v) is 5.36. The molecule has 0 fully saturated rings. The summed E-state index contributed by atoms with van der Waals surface area (Å²) in [6.07, 6.45) is 2.32. The minimum Gasteiger partial charge on any atom is -0.343 e. The van der Waals surface area contributed by atoms with Gasteiger partial charge in [-0.15, -0.1) is 11.3 Å². The van der Waals surface area contributed by atoms with Crippen LogP contribution in [-0.2, 0) is 13.5 Å². The molecular formula is C22H19NS. The van der Waals surface area contributed by atoms with Crippen LogP contribution in [0.5, 0.6) is 0 Å². The van der Waals surface area contributed by atoms with Crippen LogP contribution >= 0.6 is 11.3 Å². The van der Waals surface area contributed by atoms with Crippen LogP contribution in [0.2, 0.25) is 0 Å². The van der Waals surface area contributed by atoms with Gasteiger partial charge in [-0.1, -0.05) is 55.8 Å². The molecule has 0 atom stereocenters. The Balaban J connectivity index is 2.04. The zero-order valence-corrected chi connectivity index (χ0v) is 14.8. The van der Waals surface area contributed by atoms with Crippen molar-refractivity contribution in [3.05, 3.63) is 60.2 Å². The van der Waals surface area contributed by atoms with E-state index in [0.717, 1.165) is 6.42 Å². The number of nitrogens with zero attached hydrogens (tertiary/aromatic N) is 1. The van der Waals surface area contributed by atoms with Crippen molar-refractivity contribution in [1.82, 2.24) is 4.57 Å². The zero-order valence-electron chi connectivity index (χ0n) is 14.0.